The van der Waals surface area contributed by atoms with Crippen LogP contribution in [0.5, 0.6) is 11.5 Å². The molecule has 4 aromatic rings. The predicted octanol–water partition coefficient (Wildman–Crippen LogP) is 5.01. The molecule has 1 aliphatic carbocycles. The number of anilines is 2. The highest BCUT2D eigenvalue weighted by molar-refractivity contribution is 6.03. The molecule has 2 saturated heterocycles. The Balaban J connectivity index is 0.00000448. The van der Waals surface area contributed by atoms with Crippen molar-refractivity contribution in [3.05, 3.63) is 88.7 Å². The minimum absolute atomic E-state index is 0. The van der Waals surface area contributed by atoms with Crippen LogP contribution in [0, 0.1) is 5.82 Å². The number of benzene rings is 3. The van der Waals surface area contributed by atoms with E-state index in [0.29, 0.717) is 71.8 Å². The number of amides is 3. The van der Waals surface area contributed by atoms with Crippen molar-refractivity contribution in [2.45, 2.75) is 50.7 Å². The Morgan fingerprint density at radius 1 is 0.960 bits per heavy atom. The van der Waals surface area contributed by atoms with Crippen LogP contribution in [0.1, 0.15) is 45.9 Å². The monoisotopic (exact) mass is 685 g/mol. The molecule has 12 nitrogen and oxygen atoms in total. The van der Waals surface area contributed by atoms with Gasteiger partial charge >= 0.3 is 6.03 Å². The van der Waals surface area contributed by atoms with Crippen molar-refractivity contribution in [3.8, 4) is 11.5 Å². The van der Waals surface area contributed by atoms with Crippen LogP contribution in [-0.2, 0) is 4.79 Å². The van der Waals surface area contributed by atoms with Gasteiger partial charge in [0.15, 0.2) is 5.82 Å². The Labute approximate surface area is 291 Å². The predicted molar refractivity (Wildman–Crippen MR) is 191 cm³/mol. The van der Waals surface area contributed by atoms with Crippen LogP contribution in [-0.4, -0.2) is 90.4 Å². The van der Waals surface area contributed by atoms with Crippen molar-refractivity contribution in [2.75, 3.05) is 62.2 Å². The van der Waals surface area contributed by atoms with Crippen LogP contribution in [0.3, 0.4) is 0 Å². The first kappa shape index (κ1) is 33.3. The fourth-order valence-corrected chi connectivity index (χ4v) is 7.22. The average molecular weight is 686 g/mol. The molecule has 3 fully saturated rings. The van der Waals surface area contributed by atoms with E-state index in [9.17, 15) is 18.8 Å². The summed E-state index contributed by atoms with van der Waals surface area (Å²) in [5, 5.41) is 5.23. The summed E-state index contributed by atoms with van der Waals surface area (Å²) in [4.78, 5) is 53.1. The van der Waals surface area contributed by atoms with Gasteiger partial charge in [0.25, 0.3) is 5.56 Å². The summed E-state index contributed by atoms with van der Waals surface area (Å²) >= 11 is 0. The van der Waals surface area contributed by atoms with Crippen molar-refractivity contribution in [1.29, 1.82) is 0 Å². The van der Waals surface area contributed by atoms with E-state index in [-0.39, 0.29) is 18.9 Å². The Morgan fingerprint density at radius 2 is 1.70 bits per heavy atom. The zero-order chi connectivity index (χ0) is 34.9. The molecular weight excluding hydrogens is 641 g/mol. The first-order valence-electron chi connectivity index (χ1n) is 17.2. The van der Waals surface area contributed by atoms with Crippen LogP contribution < -0.4 is 30.3 Å². The number of nitrogens with zero attached hydrogens (tertiary/aromatic N) is 6. The molecule has 2 aliphatic heterocycles. The zero-order valence-corrected chi connectivity index (χ0v) is 28.5. The summed E-state index contributed by atoms with van der Waals surface area (Å²) in [6.45, 7) is 4.52. The van der Waals surface area contributed by atoms with E-state index in [1.807, 2.05) is 16.0 Å². The first-order chi connectivity index (χ1) is 24.3. The van der Waals surface area contributed by atoms with E-state index in [0.717, 1.165) is 32.2 Å². The summed E-state index contributed by atoms with van der Waals surface area (Å²) in [5.41, 5.74) is 1.01. The average Bonchev–Trinajstić information content (AvgIpc) is 3.87. The van der Waals surface area contributed by atoms with Crippen LogP contribution in [0.25, 0.3) is 10.9 Å². The van der Waals surface area contributed by atoms with Crippen molar-refractivity contribution < 1.29 is 24.9 Å². The van der Waals surface area contributed by atoms with Crippen LogP contribution in [0.2, 0.25) is 0 Å². The molecule has 1 N–H and O–H groups in total. The fourth-order valence-electron chi connectivity index (χ4n) is 7.22. The molecule has 3 amide bonds. The minimum atomic E-state index is -0.819. The van der Waals surface area contributed by atoms with Gasteiger partial charge in [0.05, 0.1) is 56.0 Å². The Bertz CT molecular complexity index is 1950. The van der Waals surface area contributed by atoms with E-state index < -0.39 is 17.9 Å². The highest BCUT2D eigenvalue weighted by atomic mass is 19.1. The molecule has 7 rings (SSSR count). The van der Waals surface area contributed by atoms with E-state index in [4.69, 9.17) is 14.5 Å². The number of fused-ring (bicyclic) bond motifs is 1. The number of rotatable bonds is 9. The van der Waals surface area contributed by atoms with Crippen molar-refractivity contribution in [2.24, 2.45) is 0 Å². The molecule has 1 aromatic heterocycles. The summed E-state index contributed by atoms with van der Waals surface area (Å²) in [6.07, 6.45) is 4.25. The third kappa shape index (κ3) is 6.45. The molecule has 3 aliphatic rings. The lowest BCUT2D eigenvalue weighted by Crippen LogP contribution is -2.59. The SMILES string of the molecule is COc1ccc(N(C(=O)Nc2ccc(F)cc2)C(C)c2nc3ccccc3c(=O)n2N2CCN(C(=O)[C@@H]3CCCN3C3CC3)CC2)c(OC)c1.[HH]. The second-order valence-electron chi connectivity index (χ2n) is 13.0. The number of ether oxygens (including phenoxy) is 2. The third-order valence-corrected chi connectivity index (χ3v) is 9.95. The molecule has 13 heteroatoms. The highest BCUT2D eigenvalue weighted by Crippen LogP contribution is 2.38. The Morgan fingerprint density at radius 3 is 2.40 bits per heavy atom. The number of halogens is 1. The topological polar surface area (TPSA) is 112 Å². The standard InChI is InChI=1S/C37H42FN7O5.H2/c1-24(44(31-17-16-28(49-2)23-33(31)50-3)37(48)39-26-12-10-25(38)11-13-26)34-40-30-8-5-4-7-29(30)35(46)45(34)42-21-19-41(20-22-42)36(47)32-9-6-18-43(32)27-14-15-27;/h4-5,7-8,10-13,16-17,23-24,27,32H,6,9,14-15,18-22H2,1-3H3,(H,39,48);1H/t24?,32-;/m0./s1. The van der Waals surface area contributed by atoms with Gasteiger partial charge in [-0.05, 0) is 87.7 Å². The maximum Gasteiger partial charge on any atom is 0.327 e. The number of nitrogens with one attached hydrogen (secondary N) is 1. The normalized spacial score (nSPS) is 18.6. The van der Waals surface area contributed by atoms with Crippen LogP contribution >= 0.6 is 0 Å². The number of urea groups is 1. The van der Waals surface area contributed by atoms with Gasteiger partial charge in [-0.1, -0.05) is 12.1 Å². The number of aromatic nitrogens is 2. The van der Waals surface area contributed by atoms with E-state index in [1.165, 1.54) is 43.4 Å². The molecule has 0 spiro atoms. The number of hydrogen-bond acceptors (Lipinski definition) is 8. The first-order valence-corrected chi connectivity index (χ1v) is 17.2. The van der Waals surface area contributed by atoms with Crippen molar-refractivity contribution in [3.63, 3.8) is 0 Å². The number of para-hydroxylation sites is 1. The van der Waals surface area contributed by atoms with Crippen LogP contribution in [0.15, 0.2) is 71.5 Å². The molecule has 50 heavy (non-hydrogen) atoms. The van der Waals surface area contributed by atoms with Gasteiger partial charge in [-0.25, -0.2) is 18.8 Å². The molecule has 3 aromatic carbocycles. The summed E-state index contributed by atoms with van der Waals surface area (Å²) in [5.74, 6) is 0.959. The lowest BCUT2D eigenvalue weighted by atomic mass is 10.1. The number of methoxy groups -OCH3 is 2. The zero-order valence-electron chi connectivity index (χ0n) is 28.5. The fraction of sp³-hybridized carbons (Fsp3) is 0.405. The smallest absolute Gasteiger partial charge is 0.327 e. The summed E-state index contributed by atoms with van der Waals surface area (Å²) in [6, 6.07) is 16.8. The van der Waals surface area contributed by atoms with Crippen molar-refractivity contribution in [1.82, 2.24) is 19.5 Å². The van der Waals surface area contributed by atoms with Crippen molar-refractivity contribution >= 4 is 34.2 Å². The number of carbonyl (C=O) groups is 2. The second-order valence-corrected chi connectivity index (χ2v) is 13.0. The number of likely N-dealkylation sites (tertiary alicyclic amines) is 1. The van der Waals surface area contributed by atoms with E-state index in [2.05, 4.69) is 10.2 Å². The Hall–Kier alpha value is -5.17. The highest BCUT2D eigenvalue weighted by Gasteiger charge is 2.42. The lowest BCUT2D eigenvalue weighted by Gasteiger charge is -2.40. The Kier molecular flexibility index (Phi) is 9.32. The van der Waals surface area contributed by atoms with Gasteiger partial charge in [-0.15, -0.1) is 0 Å². The maximum absolute atomic E-state index is 14.4. The largest absolute Gasteiger partial charge is 0.497 e. The van der Waals surface area contributed by atoms with Crippen LogP contribution in [0.4, 0.5) is 20.6 Å². The van der Waals surface area contributed by atoms with Gasteiger partial charge in [0.2, 0.25) is 5.91 Å². The lowest BCUT2D eigenvalue weighted by molar-refractivity contribution is -0.136. The molecule has 1 saturated carbocycles. The van der Waals surface area contributed by atoms with E-state index >= 15 is 0 Å². The summed E-state index contributed by atoms with van der Waals surface area (Å²) < 4.78 is 26.4. The van der Waals surface area contributed by atoms with Gasteiger partial charge in [0, 0.05) is 32.3 Å². The molecular formula is C37H44FN7O5. The molecule has 0 bridgehead atoms. The minimum Gasteiger partial charge on any atom is -0.497 e. The van der Waals surface area contributed by atoms with E-state index in [1.54, 1.807) is 48.0 Å². The molecule has 2 atom stereocenters. The third-order valence-electron chi connectivity index (χ3n) is 9.95. The molecule has 1 unspecified atom stereocenters. The van der Waals surface area contributed by atoms with Gasteiger partial charge < -0.3 is 24.7 Å². The van der Waals surface area contributed by atoms with Gasteiger partial charge in [0.1, 0.15) is 17.3 Å². The summed E-state index contributed by atoms with van der Waals surface area (Å²) in [7, 11) is 3.04. The van der Waals surface area contributed by atoms with Gasteiger partial charge in [-0.3, -0.25) is 19.4 Å². The number of carbonyl (C=O) groups excluding carboxylic acids is 2. The molecule has 264 valence electrons. The second kappa shape index (κ2) is 14.0. The molecule has 3 heterocycles. The maximum atomic E-state index is 14.4. The van der Waals surface area contributed by atoms with Gasteiger partial charge in [-0.2, -0.15) is 0 Å². The number of piperazine rings is 1. The molecule has 0 radical (unpaired) electrons. The number of hydrogen-bond donors (Lipinski definition) is 1. The quantitative estimate of drug-likeness (QED) is 0.262.